The fraction of sp³-hybridized carbons (Fsp3) is 0.250. The van der Waals surface area contributed by atoms with E-state index in [4.69, 9.17) is 0 Å². The predicted octanol–water partition coefficient (Wildman–Crippen LogP) is 4.26. The van der Waals surface area contributed by atoms with Gasteiger partial charge in [0.25, 0.3) is 5.91 Å². The van der Waals surface area contributed by atoms with Gasteiger partial charge in [0.05, 0.1) is 40.4 Å². The Hall–Kier alpha value is -3.75. The van der Waals surface area contributed by atoms with Crippen molar-refractivity contribution in [3.63, 3.8) is 0 Å². The highest BCUT2D eigenvalue weighted by Crippen LogP contribution is 2.32. The lowest BCUT2D eigenvalue weighted by Crippen LogP contribution is -2.36. The number of fused-ring (bicyclic) bond motifs is 2. The Kier molecular flexibility index (Phi) is 4.92. The molecule has 2 aromatic carbocycles. The number of aryl methyl sites for hydroxylation is 3. The van der Waals surface area contributed by atoms with Crippen LogP contribution in [0.3, 0.4) is 0 Å². The monoisotopic (exact) mass is 451 g/mol. The molecule has 0 radical (unpaired) electrons. The third kappa shape index (κ3) is 3.53. The summed E-state index contributed by atoms with van der Waals surface area (Å²) in [6, 6.07) is 7.19. The molecule has 2 aromatic heterocycles. The Morgan fingerprint density at radius 2 is 1.64 bits per heavy atom. The zero-order valence-electron chi connectivity index (χ0n) is 18.3. The van der Waals surface area contributed by atoms with Crippen molar-refractivity contribution < 1.29 is 18.0 Å². The van der Waals surface area contributed by atoms with Crippen LogP contribution < -0.4 is 0 Å². The molecule has 168 valence electrons. The number of hydrogen-bond acceptors (Lipinski definition) is 4. The molecule has 0 atom stereocenters. The van der Waals surface area contributed by atoms with Crippen LogP contribution in [0, 0.1) is 31.3 Å². The van der Waals surface area contributed by atoms with Gasteiger partial charge in [0.2, 0.25) is 0 Å². The molecule has 0 fully saturated rings. The minimum Gasteiger partial charge on any atom is -0.332 e. The molecule has 1 aliphatic heterocycles. The summed E-state index contributed by atoms with van der Waals surface area (Å²) in [5.74, 6) is -4.17. The number of benzene rings is 2. The van der Waals surface area contributed by atoms with E-state index in [1.54, 1.807) is 30.1 Å². The van der Waals surface area contributed by atoms with Crippen molar-refractivity contribution in [2.24, 2.45) is 7.05 Å². The Labute approximate surface area is 187 Å². The molecule has 0 aliphatic carbocycles. The van der Waals surface area contributed by atoms with Crippen molar-refractivity contribution in [3.8, 4) is 11.3 Å². The van der Waals surface area contributed by atoms with E-state index in [0.29, 0.717) is 35.4 Å². The molecule has 4 aromatic rings. The summed E-state index contributed by atoms with van der Waals surface area (Å²) in [4.78, 5) is 23.9. The Balaban J connectivity index is 1.45. The predicted molar refractivity (Wildman–Crippen MR) is 116 cm³/mol. The van der Waals surface area contributed by atoms with Gasteiger partial charge < -0.3 is 4.90 Å². The second-order valence-electron chi connectivity index (χ2n) is 8.23. The molecule has 0 bridgehead atoms. The number of hydrogen-bond donors (Lipinski definition) is 0. The number of carbonyl (C=O) groups is 1. The average molecular weight is 451 g/mol. The van der Waals surface area contributed by atoms with E-state index in [9.17, 15) is 18.0 Å². The second kappa shape index (κ2) is 7.68. The quantitative estimate of drug-likeness (QED) is 0.427. The van der Waals surface area contributed by atoms with Gasteiger partial charge in [-0.1, -0.05) is 0 Å². The van der Waals surface area contributed by atoms with Crippen molar-refractivity contribution in [1.82, 2.24) is 24.6 Å². The molecule has 33 heavy (non-hydrogen) atoms. The summed E-state index contributed by atoms with van der Waals surface area (Å²) in [6.07, 6.45) is 0.455. The van der Waals surface area contributed by atoms with Gasteiger partial charge in [0.1, 0.15) is 0 Å². The third-order valence-corrected chi connectivity index (χ3v) is 6.07. The largest absolute Gasteiger partial charge is 0.332 e. The summed E-state index contributed by atoms with van der Waals surface area (Å²) in [5.41, 5.74) is 5.70. The first-order valence-electron chi connectivity index (χ1n) is 10.5. The van der Waals surface area contributed by atoms with Crippen molar-refractivity contribution >= 4 is 16.9 Å². The fourth-order valence-electron chi connectivity index (χ4n) is 4.29. The first kappa shape index (κ1) is 21.1. The number of rotatable bonds is 2. The minimum atomic E-state index is -1.50. The van der Waals surface area contributed by atoms with Crippen molar-refractivity contribution in [2.75, 3.05) is 6.54 Å². The van der Waals surface area contributed by atoms with Crippen LogP contribution in [0.1, 0.15) is 33.0 Å². The van der Waals surface area contributed by atoms with Gasteiger partial charge in [0, 0.05) is 30.3 Å². The lowest BCUT2D eigenvalue weighted by atomic mass is 9.99. The molecular weight excluding hydrogens is 431 g/mol. The summed E-state index contributed by atoms with van der Waals surface area (Å²) < 4.78 is 42.5. The lowest BCUT2D eigenvalue weighted by molar-refractivity contribution is 0.0732. The molecule has 1 aliphatic rings. The topological polar surface area (TPSA) is 63.9 Å². The number of amides is 1. The molecule has 3 heterocycles. The van der Waals surface area contributed by atoms with Gasteiger partial charge in [-0.25, -0.2) is 23.1 Å². The Morgan fingerprint density at radius 1 is 0.970 bits per heavy atom. The van der Waals surface area contributed by atoms with Crippen molar-refractivity contribution in [1.29, 1.82) is 0 Å². The van der Waals surface area contributed by atoms with Gasteiger partial charge in [-0.3, -0.25) is 9.48 Å². The maximum Gasteiger partial charge on any atom is 0.254 e. The van der Waals surface area contributed by atoms with Crippen molar-refractivity contribution in [2.45, 2.75) is 26.8 Å². The van der Waals surface area contributed by atoms with Gasteiger partial charge in [-0.05, 0) is 50.6 Å². The van der Waals surface area contributed by atoms with E-state index < -0.39 is 17.5 Å². The van der Waals surface area contributed by atoms with Crippen LogP contribution in [-0.2, 0) is 20.0 Å². The van der Waals surface area contributed by atoms with Crippen LogP contribution in [0.2, 0.25) is 0 Å². The van der Waals surface area contributed by atoms with Crippen molar-refractivity contribution in [3.05, 3.63) is 76.0 Å². The minimum absolute atomic E-state index is 0.159. The summed E-state index contributed by atoms with van der Waals surface area (Å²) in [6.45, 7) is 4.43. The highest BCUT2D eigenvalue weighted by atomic mass is 19.2. The number of halogens is 3. The molecule has 0 unspecified atom stereocenters. The third-order valence-electron chi connectivity index (χ3n) is 6.07. The maximum absolute atomic E-state index is 13.8. The highest BCUT2D eigenvalue weighted by molar-refractivity contribution is 5.97. The van der Waals surface area contributed by atoms with E-state index in [1.807, 2.05) is 13.8 Å². The SMILES string of the molecule is Cc1nc2ccc(C(=O)N3CCc4c(nn(C)c4-c4cc(F)c(F)c(F)c4)C3)cc2nc1C. The molecule has 9 heteroatoms. The van der Waals surface area contributed by atoms with Crippen LogP contribution in [0.25, 0.3) is 22.3 Å². The van der Waals surface area contributed by atoms with Gasteiger partial charge in [-0.15, -0.1) is 0 Å². The standard InChI is InChI=1S/C24H20F3N5O/c1-12-13(2)29-20-10-14(4-5-19(20)28-12)24(33)32-7-6-16-21(11-32)30-31(3)23(16)15-8-17(25)22(27)18(26)9-15/h4-5,8-10H,6-7,11H2,1-3H3. The smallest absolute Gasteiger partial charge is 0.254 e. The average Bonchev–Trinajstić information content (AvgIpc) is 3.12. The van der Waals surface area contributed by atoms with E-state index in [-0.39, 0.29) is 18.0 Å². The first-order chi connectivity index (χ1) is 15.7. The second-order valence-corrected chi connectivity index (χ2v) is 8.23. The lowest BCUT2D eigenvalue weighted by Gasteiger charge is -2.26. The molecular formula is C24H20F3N5O. The fourth-order valence-corrected chi connectivity index (χ4v) is 4.29. The van der Waals surface area contributed by atoms with Crippen LogP contribution in [0.5, 0.6) is 0 Å². The van der Waals surface area contributed by atoms with Crippen LogP contribution in [0.15, 0.2) is 30.3 Å². The van der Waals surface area contributed by atoms with Gasteiger partial charge >= 0.3 is 0 Å². The Morgan fingerprint density at radius 3 is 2.33 bits per heavy atom. The molecule has 0 saturated carbocycles. The Bertz CT molecular complexity index is 1420. The number of nitrogens with zero attached hydrogens (tertiary/aromatic N) is 5. The molecule has 6 nitrogen and oxygen atoms in total. The van der Waals surface area contributed by atoms with Crippen LogP contribution in [-0.4, -0.2) is 37.1 Å². The number of aromatic nitrogens is 4. The zero-order valence-corrected chi connectivity index (χ0v) is 18.3. The zero-order chi connectivity index (χ0) is 23.4. The van der Waals surface area contributed by atoms with Crippen LogP contribution >= 0.6 is 0 Å². The maximum atomic E-state index is 13.8. The molecule has 5 rings (SSSR count). The summed E-state index contributed by atoms with van der Waals surface area (Å²) in [5, 5.41) is 4.47. The normalized spacial score (nSPS) is 13.5. The summed E-state index contributed by atoms with van der Waals surface area (Å²) in [7, 11) is 1.66. The highest BCUT2D eigenvalue weighted by Gasteiger charge is 2.28. The summed E-state index contributed by atoms with van der Waals surface area (Å²) >= 11 is 0. The number of carbonyl (C=O) groups excluding carboxylic acids is 1. The first-order valence-corrected chi connectivity index (χ1v) is 10.5. The molecule has 0 N–H and O–H groups in total. The van der Waals surface area contributed by atoms with E-state index in [1.165, 1.54) is 4.68 Å². The van der Waals surface area contributed by atoms with E-state index in [0.717, 1.165) is 34.6 Å². The molecule has 0 saturated heterocycles. The van der Waals surface area contributed by atoms with Crippen LogP contribution in [0.4, 0.5) is 13.2 Å². The molecule has 0 spiro atoms. The van der Waals surface area contributed by atoms with E-state index in [2.05, 4.69) is 15.1 Å². The van der Waals surface area contributed by atoms with E-state index >= 15 is 0 Å². The van der Waals surface area contributed by atoms with Gasteiger partial charge in [0.15, 0.2) is 17.5 Å². The van der Waals surface area contributed by atoms with Gasteiger partial charge in [-0.2, -0.15) is 5.10 Å². The molecule has 1 amide bonds.